The summed E-state index contributed by atoms with van der Waals surface area (Å²) < 4.78 is 0. The normalized spacial score (nSPS) is 24.1. The van der Waals surface area contributed by atoms with Gasteiger partial charge in [-0.15, -0.1) is 0 Å². The summed E-state index contributed by atoms with van der Waals surface area (Å²) in [5, 5.41) is 4.04. The highest BCUT2D eigenvalue weighted by atomic mass is 35.5. The quantitative estimate of drug-likeness (QED) is 0.818. The zero-order valence-electron chi connectivity index (χ0n) is 9.66. The van der Waals surface area contributed by atoms with Crippen LogP contribution in [0, 0.1) is 5.41 Å². The van der Waals surface area contributed by atoms with E-state index in [0.717, 1.165) is 11.6 Å². The number of anilines is 1. The molecule has 0 aromatic carbocycles. The topological polar surface area (TPSA) is 24.9 Å². The van der Waals surface area contributed by atoms with Gasteiger partial charge >= 0.3 is 0 Å². The van der Waals surface area contributed by atoms with Crippen molar-refractivity contribution in [3.63, 3.8) is 0 Å². The van der Waals surface area contributed by atoms with Gasteiger partial charge in [0.15, 0.2) is 0 Å². The van der Waals surface area contributed by atoms with Crippen LogP contribution in [-0.2, 0) is 0 Å². The standard InChI is InChI=1S/C12H17ClN2S/c1-12(2)6-7-16-8-9(12)14-11-5-3-4-10(13)15-11/h3-5,9H,6-8H2,1-2H3,(H,14,15). The summed E-state index contributed by atoms with van der Waals surface area (Å²) in [5.74, 6) is 3.28. The fraction of sp³-hybridized carbons (Fsp3) is 0.583. The van der Waals surface area contributed by atoms with Crippen LogP contribution in [0.4, 0.5) is 5.82 Å². The molecule has 1 saturated heterocycles. The highest BCUT2D eigenvalue weighted by Crippen LogP contribution is 2.35. The molecular formula is C12H17ClN2S. The number of rotatable bonds is 2. The van der Waals surface area contributed by atoms with Crippen molar-refractivity contribution in [3.05, 3.63) is 23.4 Å². The lowest BCUT2D eigenvalue weighted by atomic mass is 9.82. The molecule has 88 valence electrons. The average Bonchev–Trinajstić information content (AvgIpc) is 2.21. The predicted octanol–water partition coefficient (Wildman–Crippen LogP) is 3.68. The van der Waals surface area contributed by atoms with Gasteiger partial charge in [-0.2, -0.15) is 11.8 Å². The smallest absolute Gasteiger partial charge is 0.131 e. The van der Waals surface area contributed by atoms with Crippen molar-refractivity contribution in [1.82, 2.24) is 4.98 Å². The van der Waals surface area contributed by atoms with E-state index in [2.05, 4.69) is 24.1 Å². The molecular weight excluding hydrogens is 240 g/mol. The van der Waals surface area contributed by atoms with Crippen LogP contribution in [0.1, 0.15) is 20.3 Å². The Balaban J connectivity index is 2.08. The van der Waals surface area contributed by atoms with Crippen LogP contribution in [-0.4, -0.2) is 22.5 Å². The number of nitrogens with zero attached hydrogens (tertiary/aromatic N) is 1. The molecule has 0 spiro atoms. The maximum Gasteiger partial charge on any atom is 0.131 e. The minimum atomic E-state index is 0.329. The maximum absolute atomic E-state index is 5.88. The number of aromatic nitrogens is 1. The van der Waals surface area contributed by atoms with E-state index < -0.39 is 0 Å². The van der Waals surface area contributed by atoms with Gasteiger partial charge in [0.2, 0.25) is 0 Å². The van der Waals surface area contributed by atoms with E-state index >= 15 is 0 Å². The van der Waals surface area contributed by atoms with Crippen molar-refractivity contribution < 1.29 is 0 Å². The molecule has 16 heavy (non-hydrogen) atoms. The Hall–Kier alpha value is -0.410. The van der Waals surface area contributed by atoms with E-state index in [9.17, 15) is 0 Å². The minimum Gasteiger partial charge on any atom is -0.366 e. The van der Waals surface area contributed by atoms with Gasteiger partial charge in [-0.05, 0) is 29.7 Å². The Morgan fingerprint density at radius 3 is 3.00 bits per heavy atom. The zero-order valence-corrected chi connectivity index (χ0v) is 11.2. The molecule has 2 nitrogen and oxygen atoms in total. The van der Waals surface area contributed by atoms with Crippen molar-refractivity contribution >= 4 is 29.2 Å². The second kappa shape index (κ2) is 4.84. The van der Waals surface area contributed by atoms with E-state index in [-0.39, 0.29) is 0 Å². The van der Waals surface area contributed by atoms with Crippen LogP contribution in [0.25, 0.3) is 0 Å². The Kier molecular flexibility index (Phi) is 3.65. The number of halogens is 1. The fourth-order valence-electron chi connectivity index (χ4n) is 1.84. The molecule has 0 amide bonds. The largest absolute Gasteiger partial charge is 0.366 e. The molecule has 1 fully saturated rings. The molecule has 0 radical (unpaired) electrons. The molecule has 1 aliphatic heterocycles. The van der Waals surface area contributed by atoms with E-state index in [1.807, 2.05) is 23.9 Å². The number of hydrogen-bond donors (Lipinski definition) is 1. The summed E-state index contributed by atoms with van der Waals surface area (Å²) in [6, 6.07) is 6.17. The van der Waals surface area contributed by atoms with E-state index in [0.29, 0.717) is 16.6 Å². The first kappa shape index (κ1) is 12.1. The molecule has 1 atom stereocenters. The van der Waals surface area contributed by atoms with Gasteiger partial charge in [0.05, 0.1) is 0 Å². The summed E-state index contributed by atoms with van der Waals surface area (Å²) in [6.45, 7) is 4.63. The molecule has 1 aliphatic rings. The van der Waals surface area contributed by atoms with Gasteiger partial charge in [0, 0.05) is 11.8 Å². The average molecular weight is 257 g/mol. The van der Waals surface area contributed by atoms with Crippen molar-refractivity contribution in [2.75, 3.05) is 16.8 Å². The van der Waals surface area contributed by atoms with E-state index in [4.69, 9.17) is 11.6 Å². The number of hydrogen-bond acceptors (Lipinski definition) is 3. The summed E-state index contributed by atoms with van der Waals surface area (Å²) in [6.07, 6.45) is 1.25. The van der Waals surface area contributed by atoms with Crippen molar-refractivity contribution in [2.24, 2.45) is 5.41 Å². The number of pyridine rings is 1. The van der Waals surface area contributed by atoms with Gasteiger partial charge in [-0.1, -0.05) is 31.5 Å². The minimum absolute atomic E-state index is 0.329. The van der Waals surface area contributed by atoms with Crippen LogP contribution in [0.3, 0.4) is 0 Å². The second-order valence-corrected chi connectivity index (χ2v) is 6.39. The summed E-state index contributed by atoms with van der Waals surface area (Å²) >= 11 is 7.88. The summed E-state index contributed by atoms with van der Waals surface area (Å²) in [4.78, 5) is 4.28. The third-order valence-corrected chi connectivity index (χ3v) is 4.43. The molecule has 1 N–H and O–H groups in total. The summed E-state index contributed by atoms with van der Waals surface area (Å²) in [7, 11) is 0. The van der Waals surface area contributed by atoms with E-state index in [1.165, 1.54) is 12.2 Å². The third kappa shape index (κ3) is 2.83. The van der Waals surface area contributed by atoms with Crippen LogP contribution < -0.4 is 5.32 Å². The monoisotopic (exact) mass is 256 g/mol. The SMILES string of the molecule is CC1(C)CCSCC1Nc1cccc(Cl)n1. The Labute approximate surface area is 106 Å². The molecule has 2 heterocycles. The first-order chi connectivity index (χ1) is 7.58. The molecule has 0 bridgehead atoms. The lowest BCUT2D eigenvalue weighted by Gasteiger charge is -2.38. The van der Waals surface area contributed by atoms with Crippen LogP contribution in [0.2, 0.25) is 5.15 Å². The van der Waals surface area contributed by atoms with Gasteiger partial charge in [-0.25, -0.2) is 4.98 Å². The maximum atomic E-state index is 5.88. The molecule has 0 aliphatic carbocycles. The zero-order chi connectivity index (χ0) is 11.6. The highest BCUT2D eigenvalue weighted by molar-refractivity contribution is 7.99. The number of nitrogens with one attached hydrogen (secondary N) is 1. The number of thioether (sulfide) groups is 1. The lowest BCUT2D eigenvalue weighted by molar-refractivity contribution is 0.304. The van der Waals surface area contributed by atoms with Crippen LogP contribution in [0.15, 0.2) is 18.2 Å². The molecule has 0 saturated carbocycles. The fourth-order valence-corrected chi connectivity index (χ4v) is 3.61. The van der Waals surface area contributed by atoms with Crippen molar-refractivity contribution in [2.45, 2.75) is 26.3 Å². The second-order valence-electron chi connectivity index (χ2n) is 4.86. The van der Waals surface area contributed by atoms with Gasteiger partial charge < -0.3 is 5.32 Å². The predicted molar refractivity (Wildman–Crippen MR) is 72.4 cm³/mol. The van der Waals surface area contributed by atoms with Crippen molar-refractivity contribution in [3.8, 4) is 0 Å². The first-order valence-electron chi connectivity index (χ1n) is 5.55. The molecule has 1 unspecified atom stereocenters. The van der Waals surface area contributed by atoms with Crippen LogP contribution in [0.5, 0.6) is 0 Å². The third-order valence-electron chi connectivity index (χ3n) is 3.16. The van der Waals surface area contributed by atoms with Gasteiger partial charge in [-0.3, -0.25) is 0 Å². The summed E-state index contributed by atoms with van der Waals surface area (Å²) in [5.41, 5.74) is 0.329. The van der Waals surface area contributed by atoms with E-state index in [1.54, 1.807) is 6.07 Å². The molecule has 1 aromatic heterocycles. The van der Waals surface area contributed by atoms with Crippen LogP contribution >= 0.6 is 23.4 Å². The Bertz CT molecular complexity index is 368. The Morgan fingerprint density at radius 1 is 1.50 bits per heavy atom. The molecule has 4 heteroatoms. The first-order valence-corrected chi connectivity index (χ1v) is 7.08. The highest BCUT2D eigenvalue weighted by Gasteiger charge is 2.32. The lowest BCUT2D eigenvalue weighted by Crippen LogP contribution is -2.41. The van der Waals surface area contributed by atoms with Crippen molar-refractivity contribution in [1.29, 1.82) is 0 Å². The van der Waals surface area contributed by atoms with Gasteiger partial charge in [0.1, 0.15) is 11.0 Å². The molecule has 1 aromatic rings. The van der Waals surface area contributed by atoms with Gasteiger partial charge in [0.25, 0.3) is 0 Å². The Morgan fingerprint density at radius 2 is 2.31 bits per heavy atom. The molecule has 2 rings (SSSR count).